The van der Waals surface area contributed by atoms with E-state index in [0.717, 1.165) is 0 Å². The van der Waals surface area contributed by atoms with Crippen molar-refractivity contribution in [3.8, 4) is 0 Å². The molecule has 0 bridgehead atoms. The first-order valence-corrected chi connectivity index (χ1v) is 8.64. The summed E-state index contributed by atoms with van der Waals surface area (Å²) in [5.74, 6) is 0.364. The van der Waals surface area contributed by atoms with Crippen LogP contribution in [0.3, 0.4) is 0 Å². The number of aryl methyl sites for hydroxylation is 1. The van der Waals surface area contributed by atoms with Crippen molar-refractivity contribution in [3.05, 3.63) is 51.3 Å². The van der Waals surface area contributed by atoms with Gasteiger partial charge in [-0.05, 0) is 32.8 Å². The van der Waals surface area contributed by atoms with E-state index in [1.165, 1.54) is 12.1 Å². The summed E-state index contributed by atoms with van der Waals surface area (Å²) in [5.41, 5.74) is 0.608. The molecule has 27 heavy (non-hydrogen) atoms. The number of aromatic nitrogens is 1. The van der Waals surface area contributed by atoms with Crippen molar-refractivity contribution < 1.29 is 19.0 Å². The second-order valence-electron chi connectivity index (χ2n) is 6.59. The molecule has 9 nitrogen and oxygen atoms in total. The summed E-state index contributed by atoms with van der Waals surface area (Å²) in [4.78, 5) is 37.3. The summed E-state index contributed by atoms with van der Waals surface area (Å²) < 4.78 is 4.92. The number of nitro benzene ring substituents is 1. The van der Waals surface area contributed by atoms with E-state index in [4.69, 9.17) is 4.52 Å². The van der Waals surface area contributed by atoms with E-state index in [0.29, 0.717) is 48.6 Å². The van der Waals surface area contributed by atoms with E-state index in [2.05, 4.69) is 10.5 Å². The van der Waals surface area contributed by atoms with Gasteiger partial charge in [0.25, 0.3) is 11.6 Å². The topological polar surface area (TPSA) is 119 Å². The van der Waals surface area contributed by atoms with Gasteiger partial charge >= 0.3 is 0 Å². The zero-order valence-electron chi connectivity index (χ0n) is 15.1. The number of nitro groups is 1. The van der Waals surface area contributed by atoms with Crippen LogP contribution in [0.4, 0.5) is 11.5 Å². The van der Waals surface area contributed by atoms with Gasteiger partial charge in [0.2, 0.25) is 5.91 Å². The minimum absolute atomic E-state index is 0.0713. The number of anilines is 1. The molecule has 1 saturated heterocycles. The second kappa shape index (κ2) is 7.56. The molecule has 2 aromatic rings. The third-order valence-electron chi connectivity index (χ3n) is 4.76. The number of rotatable bonds is 4. The molecule has 1 fully saturated rings. The highest BCUT2D eigenvalue weighted by Gasteiger charge is 2.29. The van der Waals surface area contributed by atoms with Crippen LogP contribution in [0.15, 0.2) is 28.8 Å². The van der Waals surface area contributed by atoms with Gasteiger partial charge in [0.05, 0.1) is 4.92 Å². The van der Waals surface area contributed by atoms with Crippen LogP contribution in [0.2, 0.25) is 0 Å². The third kappa shape index (κ3) is 3.97. The van der Waals surface area contributed by atoms with Crippen molar-refractivity contribution in [2.24, 2.45) is 5.92 Å². The first-order chi connectivity index (χ1) is 12.9. The average molecular weight is 372 g/mol. The number of hydrogen-bond donors (Lipinski definition) is 1. The highest BCUT2D eigenvalue weighted by atomic mass is 16.6. The number of amides is 2. The smallest absolute Gasteiger partial charge is 0.273 e. The van der Waals surface area contributed by atoms with Crippen molar-refractivity contribution in [1.29, 1.82) is 0 Å². The van der Waals surface area contributed by atoms with Gasteiger partial charge in [-0.25, -0.2) is 0 Å². The van der Waals surface area contributed by atoms with Crippen LogP contribution in [0.25, 0.3) is 0 Å². The standard InChI is InChI=1S/C18H20N4O5/c1-11-10-16(20-27-11)19-17(23)13-6-8-21(9-7-13)18(24)14-4-3-5-15(12(14)2)22(25)26/h3-5,10,13H,6-9H2,1-2H3,(H,19,20,23). The summed E-state index contributed by atoms with van der Waals surface area (Å²) in [6.45, 7) is 4.14. The number of nitrogens with one attached hydrogen (secondary N) is 1. The van der Waals surface area contributed by atoms with E-state index >= 15 is 0 Å². The molecule has 0 atom stereocenters. The SMILES string of the molecule is Cc1cc(NC(=O)C2CCN(C(=O)c3cccc([N+](=O)[O-])c3C)CC2)no1. The Hall–Kier alpha value is -3.23. The predicted molar refractivity (Wildman–Crippen MR) is 96.3 cm³/mol. The lowest BCUT2D eigenvalue weighted by molar-refractivity contribution is -0.385. The fraction of sp³-hybridized carbons (Fsp3) is 0.389. The monoisotopic (exact) mass is 372 g/mol. The van der Waals surface area contributed by atoms with Crippen LogP contribution in [-0.2, 0) is 4.79 Å². The van der Waals surface area contributed by atoms with E-state index in [9.17, 15) is 19.7 Å². The number of benzene rings is 1. The van der Waals surface area contributed by atoms with Crippen LogP contribution in [0.1, 0.15) is 34.5 Å². The third-order valence-corrected chi connectivity index (χ3v) is 4.76. The van der Waals surface area contributed by atoms with Gasteiger partial charge in [0, 0.05) is 42.3 Å². The molecule has 1 N–H and O–H groups in total. The Morgan fingerprint density at radius 1 is 1.30 bits per heavy atom. The van der Waals surface area contributed by atoms with Gasteiger partial charge in [0.15, 0.2) is 5.82 Å². The number of carbonyl (C=O) groups excluding carboxylic acids is 2. The van der Waals surface area contributed by atoms with Crippen LogP contribution in [0, 0.1) is 29.9 Å². The summed E-state index contributed by atoms with van der Waals surface area (Å²) in [6.07, 6.45) is 1.03. The van der Waals surface area contributed by atoms with Gasteiger partial charge in [-0.15, -0.1) is 0 Å². The van der Waals surface area contributed by atoms with Gasteiger partial charge in [-0.1, -0.05) is 11.2 Å². The summed E-state index contributed by atoms with van der Waals surface area (Å²) in [5, 5.41) is 17.5. The average Bonchev–Trinajstić information content (AvgIpc) is 3.06. The molecule has 1 aliphatic rings. The summed E-state index contributed by atoms with van der Waals surface area (Å²) in [7, 11) is 0. The molecule has 2 amide bonds. The van der Waals surface area contributed by atoms with E-state index < -0.39 is 4.92 Å². The Labute approximate surface area is 155 Å². The van der Waals surface area contributed by atoms with Crippen LogP contribution >= 0.6 is 0 Å². The van der Waals surface area contributed by atoms with E-state index in [1.807, 2.05) is 0 Å². The lowest BCUT2D eigenvalue weighted by Gasteiger charge is -2.31. The number of hydrogen-bond acceptors (Lipinski definition) is 6. The lowest BCUT2D eigenvalue weighted by atomic mass is 9.95. The largest absolute Gasteiger partial charge is 0.360 e. The molecular formula is C18H20N4O5. The van der Waals surface area contributed by atoms with Gasteiger partial charge in [0.1, 0.15) is 5.76 Å². The maximum atomic E-state index is 12.7. The number of likely N-dealkylation sites (tertiary alicyclic amines) is 1. The van der Waals surface area contributed by atoms with Gasteiger partial charge in [-0.3, -0.25) is 19.7 Å². The number of nitrogens with zero attached hydrogens (tertiary/aromatic N) is 3. The van der Waals surface area contributed by atoms with Crippen molar-refractivity contribution in [2.45, 2.75) is 26.7 Å². The predicted octanol–water partition coefficient (Wildman–Crippen LogP) is 2.69. The molecule has 0 spiro atoms. The molecule has 142 valence electrons. The quantitative estimate of drug-likeness (QED) is 0.651. The van der Waals surface area contributed by atoms with Crippen molar-refractivity contribution in [1.82, 2.24) is 10.1 Å². The first-order valence-electron chi connectivity index (χ1n) is 8.64. The molecule has 1 aliphatic heterocycles. The van der Waals surface area contributed by atoms with Crippen LogP contribution in [0.5, 0.6) is 0 Å². The van der Waals surface area contributed by atoms with Gasteiger partial charge in [-0.2, -0.15) is 0 Å². The Bertz CT molecular complexity index is 884. The highest BCUT2D eigenvalue weighted by molar-refractivity contribution is 5.97. The van der Waals surface area contributed by atoms with Crippen LogP contribution < -0.4 is 5.32 Å². The Morgan fingerprint density at radius 2 is 2.00 bits per heavy atom. The second-order valence-corrected chi connectivity index (χ2v) is 6.59. The van der Waals surface area contributed by atoms with Crippen molar-refractivity contribution >= 4 is 23.3 Å². The van der Waals surface area contributed by atoms with E-state index in [1.54, 1.807) is 30.9 Å². The van der Waals surface area contributed by atoms with E-state index in [-0.39, 0.29) is 23.4 Å². The van der Waals surface area contributed by atoms with Gasteiger partial charge < -0.3 is 14.7 Å². The highest BCUT2D eigenvalue weighted by Crippen LogP contribution is 2.25. The molecule has 3 rings (SSSR count). The summed E-state index contributed by atoms with van der Waals surface area (Å²) >= 11 is 0. The zero-order valence-corrected chi connectivity index (χ0v) is 15.1. The molecule has 2 heterocycles. The normalized spacial score (nSPS) is 14.8. The number of carbonyl (C=O) groups is 2. The number of piperidine rings is 1. The summed E-state index contributed by atoms with van der Waals surface area (Å²) in [6, 6.07) is 6.13. The molecular weight excluding hydrogens is 352 g/mol. The fourth-order valence-electron chi connectivity index (χ4n) is 3.22. The maximum Gasteiger partial charge on any atom is 0.273 e. The minimum atomic E-state index is -0.492. The Morgan fingerprint density at radius 3 is 2.59 bits per heavy atom. The Balaban J connectivity index is 1.62. The lowest BCUT2D eigenvalue weighted by Crippen LogP contribution is -2.41. The molecule has 9 heteroatoms. The van der Waals surface area contributed by atoms with Crippen LogP contribution in [-0.4, -0.2) is 39.9 Å². The molecule has 0 radical (unpaired) electrons. The molecule has 0 unspecified atom stereocenters. The fourth-order valence-corrected chi connectivity index (χ4v) is 3.22. The molecule has 1 aromatic heterocycles. The maximum absolute atomic E-state index is 12.7. The Kier molecular flexibility index (Phi) is 5.20. The minimum Gasteiger partial charge on any atom is -0.360 e. The molecule has 0 aliphatic carbocycles. The molecule has 0 saturated carbocycles. The van der Waals surface area contributed by atoms with Crippen molar-refractivity contribution in [2.75, 3.05) is 18.4 Å². The first kappa shape index (κ1) is 18.6. The zero-order chi connectivity index (χ0) is 19.6. The molecule has 1 aromatic carbocycles. The van der Waals surface area contributed by atoms with Crippen molar-refractivity contribution in [3.63, 3.8) is 0 Å².